The minimum atomic E-state index is -0.620. The van der Waals surface area contributed by atoms with Gasteiger partial charge >= 0.3 is 5.97 Å². The van der Waals surface area contributed by atoms with E-state index >= 15 is 0 Å². The third kappa shape index (κ3) is 3.21. The molecule has 0 aliphatic carbocycles. The van der Waals surface area contributed by atoms with E-state index in [1.165, 1.54) is 19.2 Å². The number of methoxy groups -OCH3 is 1. The fourth-order valence-electron chi connectivity index (χ4n) is 0.955. The van der Waals surface area contributed by atoms with Crippen LogP contribution in [-0.2, 0) is 16.1 Å². The Bertz CT molecular complexity index is 351. The Morgan fingerprint density at radius 1 is 1.53 bits per heavy atom. The quantitative estimate of drug-likeness (QED) is 0.755. The van der Waals surface area contributed by atoms with Crippen molar-refractivity contribution in [2.24, 2.45) is 0 Å². The Morgan fingerprint density at radius 2 is 2.27 bits per heavy atom. The molecule has 1 N–H and O–H groups in total. The van der Waals surface area contributed by atoms with Crippen LogP contribution in [0.2, 0.25) is 0 Å². The largest absolute Gasteiger partial charge is 0.479 e. The van der Waals surface area contributed by atoms with Gasteiger partial charge in [0.15, 0.2) is 18.2 Å². The van der Waals surface area contributed by atoms with E-state index in [0.29, 0.717) is 5.56 Å². The van der Waals surface area contributed by atoms with Gasteiger partial charge in [0.25, 0.3) is 0 Å². The highest BCUT2D eigenvalue weighted by Gasteiger charge is 2.07. The molecular weight excluding hydrogens is 203 g/mol. The second-order valence-electron chi connectivity index (χ2n) is 2.79. The summed E-state index contributed by atoms with van der Waals surface area (Å²) in [5.41, 5.74) is 0.443. The normalized spacial score (nSPS) is 9.80. The van der Waals surface area contributed by atoms with Crippen LogP contribution in [-0.4, -0.2) is 24.8 Å². The van der Waals surface area contributed by atoms with Crippen molar-refractivity contribution in [1.29, 1.82) is 0 Å². The molecule has 5 heteroatoms. The maximum absolute atomic E-state index is 13.2. The molecule has 0 radical (unpaired) electrons. The number of hydrogen-bond acceptors (Lipinski definition) is 4. The van der Waals surface area contributed by atoms with Crippen molar-refractivity contribution < 1.29 is 23.8 Å². The zero-order chi connectivity index (χ0) is 11.3. The van der Waals surface area contributed by atoms with Gasteiger partial charge in [0.2, 0.25) is 0 Å². The van der Waals surface area contributed by atoms with E-state index in [0.717, 1.165) is 6.07 Å². The second kappa shape index (κ2) is 5.31. The molecule has 0 saturated carbocycles. The van der Waals surface area contributed by atoms with Crippen molar-refractivity contribution in [3.63, 3.8) is 0 Å². The molecule has 0 aliphatic rings. The number of rotatable bonds is 4. The molecule has 0 aromatic heterocycles. The highest BCUT2D eigenvalue weighted by Crippen LogP contribution is 2.18. The SMILES string of the molecule is COC(=O)COc1ccc(CO)cc1F. The molecule has 0 unspecified atom stereocenters. The van der Waals surface area contributed by atoms with Gasteiger partial charge in [0, 0.05) is 0 Å². The van der Waals surface area contributed by atoms with Crippen molar-refractivity contribution in [3.8, 4) is 5.75 Å². The molecule has 0 amide bonds. The van der Waals surface area contributed by atoms with Crippen molar-refractivity contribution >= 4 is 5.97 Å². The van der Waals surface area contributed by atoms with Crippen molar-refractivity contribution in [1.82, 2.24) is 0 Å². The highest BCUT2D eigenvalue weighted by atomic mass is 19.1. The predicted octanol–water partition coefficient (Wildman–Crippen LogP) is 0.870. The smallest absolute Gasteiger partial charge is 0.343 e. The number of ether oxygens (including phenoxy) is 2. The zero-order valence-electron chi connectivity index (χ0n) is 8.20. The Balaban J connectivity index is 2.66. The number of carbonyl (C=O) groups is 1. The second-order valence-corrected chi connectivity index (χ2v) is 2.79. The van der Waals surface area contributed by atoms with Crippen molar-refractivity contribution in [2.45, 2.75) is 6.61 Å². The Hall–Kier alpha value is -1.62. The summed E-state index contributed by atoms with van der Waals surface area (Å²) in [5, 5.41) is 8.73. The molecule has 1 aromatic carbocycles. The monoisotopic (exact) mass is 214 g/mol. The van der Waals surface area contributed by atoms with Crippen LogP contribution in [0.3, 0.4) is 0 Å². The summed E-state index contributed by atoms with van der Waals surface area (Å²) < 4.78 is 22.4. The first-order chi connectivity index (χ1) is 7.17. The fraction of sp³-hybridized carbons (Fsp3) is 0.300. The van der Waals surface area contributed by atoms with Gasteiger partial charge in [0.05, 0.1) is 13.7 Å². The van der Waals surface area contributed by atoms with Crippen LogP contribution in [0.4, 0.5) is 4.39 Å². The lowest BCUT2D eigenvalue weighted by atomic mass is 10.2. The first kappa shape index (κ1) is 11.5. The Labute approximate surface area is 86.2 Å². The molecule has 0 aliphatic heterocycles. The van der Waals surface area contributed by atoms with Crippen LogP contribution in [0.5, 0.6) is 5.75 Å². The minimum absolute atomic E-state index is 0.0439. The minimum Gasteiger partial charge on any atom is -0.479 e. The molecule has 0 atom stereocenters. The van der Waals surface area contributed by atoms with E-state index in [1.807, 2.05) is 0 Å². The lowest BCUT2D eigenvalue weighted by molar-refractivity contribution is -0.142. The van der Waals surface area contributed by atoms with E-state index in [4.69, 9.17) is 9.84 Å². The van der Waals surface area contributed by atoms with Crippen LogP contribution in [0.1, 0.15) is 5.56 Å². The van der Waals surface area contributed by atoms with Crippen LogP contribution >= 0.6 is 0 Å². The molecular formula is C10H11FO4. The van der Waals surface area contributed by atoms with Crippen LogP contribution in [0.15, 0.2) is 18.2 Å². The zero-order valence-corrected chi connectivity index (χ0v) is 8.20. The highest BCUT2D eigenvalue weighted by molar-refractivity contribution is 5.70. The average Bonchev–Trinajstić information content (AvgIpc) is 2.26. The first-order valence-corrected chi connectivity index (χ1v) is 4.26. The molecule has 1 rings (SSSR count). The molecule has 15 heavy (non-hydrogen) atoms. The Kier molecular flexibility index (Phi) is 4.05. The number of esters is 1. The third-order valence-electron chi connectivity index (χ3n) is 1.75. The number of benzene rings is 1. The fourth-order valence-corrected chi connectivity index (χ4v) is 0.955. The van der Waals surface area contributed by atoms with Gasteiger partial charge in [-0.15, -0.1) is 0 Å². The molecule has 82 valence electrons. The van der Waals surface area contributed by atoms with E-state index in [-0.39, 0.29) is 19.0 Å². The lowest BCUT2D eigenvalue weighted by Crippen LogP contribution is -2.13. The summed E-state index contributed by atoms with van der Waals surface area (Å²) in [6, 6.07) is 4.01. The molecule has 0 fully saturated rings. The van der Waals surface area contributed by atoms with Gasteiger partial charge < -0.3 is 14.6 Å². The maximum Gasteiger partial charge on any atom is 0.343 e. The summed E-state index contributed by atoms with van der Waals surface area (Å²) in [4.78, 5) is 10.7. The molecule has 0 saturated heterocycles. The van der Waals surface area contributed by atoms with Crippen molar-refractivity contribution in [2.75, 3.05) is 13.7 Å². The van der Waals surface area contributed by atoms with Gasteiger partial charge in [-0.25, -0.2) is 9.18 Å². The predicted molar refractivity (Wildman–Crippen MR) is 49.8 cm³/mol. The van der Waals surface area contributed by atoms with Gasteiger partial charge in [-0.2, -0.15) is 0 Å². The van der Waals surface area contributed by atoms with Gasteiger partial charge in [0.1, 0.15) is 0 Å². The summed E-state index contributed by atoms with van der Waals surface area (Å²) >= 11 is 0. The third-order valence-corrected chi connectivity index (χ3v) is 1.75. The van der Waals surface area contributed by atoms with Crippen LogP contribution in [0, 0.1) is 5.82 Å². The molecule has 4 nitrogen and oxygen atoms in total. The number of carbonyl (C=O) groups excluding carboxylic acids is 1. The van der Waals surface area contributed by atoms with E-state index in [1.54, 1.807) is 0 Å². The number of halogens is 1. The van der Waals surface area contributed by atoms with E-state index in [9.17, 15) is 9.18 Å². The van der Waals surface area contributed by atoms with Crippen LogP contribution < -0.4 is 4.74 Å². The molecule has 0 spiro atoms. The summed E-state index contributed by atoms with van der Waals surface area (Å²) in [5.74, 6) is -1.25. The van der Waals surface area contributed by atoms with Gasteiger partial charge in [-0.1, -0.05) is 6.07 Å². The van der Waals surface area contributed by atoms with E-state index in [2.05, 4.69) is 4.74 Å². The first-order valence-electron chi connectivity index (χ1n) is 4.26. The number of aliphatic hydroxyl groups excluding tert-OH is 1. The number of aliphatic hydroxyl groups is 1. The van der Waals surface area contributed by atoms with Gasteiger partial charge in [-0.3, -0.25) is 0 Å². The average molecular weight is 214 g/mol. The van der Waals surface area contributed by atoms with Gasteiger partial charge in [-0.05, 0) is 17.7 Å². The van der Waals surface area contributed by atoms with E-state index < -0.39 is 11.8 Å². The molecule has 0 bridgehead atoms. The lowest BCUT2D eigenvalue weighted by Gasteiger charge is -2.06. The molecule has 0 heterocycles. The Morgan fingerprint density at radius 3 is 2.80 bits per heavy atom. The van der Waals surface area contributed by atoms with Crippen molar-refractivity contribution in [3.05, 3.63) is 29.6 Å². The number of hydrogen-bond donors (Lipinski definition) is 1. The summed E-state index contributed by atoms with van der Waals surface area (Å²) in [6.07, 6.45) is 0. The van der Waals surface area contributed by atoms with Crippen LogP contribution in [0.25, 0.3) is 0 Å². The topological polar surface area (TPSA) is 55.8 Å². The standard InChI is InChI=1S/C10H11FO4/c1-14-10(13)6-15-9-3-2-7(5-12)4-8(9)11/h2-4,12H,5-6H2,1H3. The summed E-state index contributed by atoms with van der Waals surface area (Å²) in [7, 11) is 1.22. The maximum atomic E-state index is 13.2. The summed E-state index contributed by atoms with van der Waals surface area (Å²) in [6.45, 7) is -0.583. The molecule has 1 aromatic rings.